The summed E-state index contributed by atoms with van der Waals surface area (Å²) in [6.45, 7) is 2.27. The van der Waals surface area contributed by atoms with Crippen molar-refractivity contribution < 1.29 is 14.5 Å². The third-order valence-corrected chi connectivity index (χ3v) is 7.80. The van der Waals surface area contributed by atoms with Crippen molar-refractivity contribution in [2.75, 3.05) is 38.1 Å². The lowest BCUT2D eigenvalue weighted by Crippen LogP contribution is -2.53. The third-order valence-electron chi connectivity index (χ3n) is 7.80. The zero-order valence-electron chi connectivity index (χ0n) is 20.9. The van der Waals surface area contributed by atoms with Gasteiger partial charge in [0.25, 0.3) is 11.6 Å². The van der Waals surface area contributed by atoms with Gasteiger partial charge in [0.15, 0.2) is 0 Å². The first-order chi connectivity index (χ1) is 18.4. The second-order valence-electron chi connectivity index (χ2n) is 9.80. The highest BCUT2D eigenvalue weighted by Gasteiger charge is 2.45. The third kappa shape index (κ3) is 3.87. The maximum absolute atomic E-state index is 14.3. The van der Waals surface area contributed by atoms with Crippen molar-refractivity contribution in [1.82, 2.24) is 14.8 Å². The number of hydrogen-bond donors (Lipinski definition) is 1. The molecule has 3 heterocycles. The van der Waals surface area contributed by atoms with E-state index in [1.165, 1.54) is 12.1 Å². The number of aromatic nitrogens is 1. The van der Waals surface area contributed by atoms with E-state index in [-0.39, 0.29) is 17.5 Å². The Bertz CT molecular complexity index is 1540. The summed E-state index contributed by atoms with van der Waals surface area (Å²) < 4.78 is 0. The summed E-state index contributed by atoms with van der Waals surface area (Å²) in [6, 6.07) is 21.4. The molecule has 0 spiro atoms. The number of nitro groups is 1. The molecule has 4 aromatic rings. The van der Waals surface area contributed by atoms with E-state index in [1.807, 2.05) is 53.6 Å². The fourth-order valence-corrected chi connectivity index (χ4v) is 5.83. The second kappa shape index (κ2) is 9.33. The zero-order chi connectivity index (χ0) is 26.4. The molecule has 9 nitrogen and oxygen atoms in total. The Labute approximate surface area is 219 Å². The number of non-ortho nitro benzene ring substituents is 1. The molecule has 0 bridgehead atoms. The van der Waals surface area contributed by atoms with Crippen LogP contribution in [0, 0.1) is 10.1 Å². The van der Waals surface area contributed by atoms with Crippen LogP contribution >= 0.6 is 0 Å². The van der Waals surface area contributed by atoms with Crippen LogP contribution in [-0.4, -0.2) is 64.7 Å². The van der Waals surface area contributed by atoms with E-state index in [1.54, 1.807) is 30.1 Å². The van der Waals surface area contributed by atoms with Crippen molar-refractivity contribution in [1.29, 1.82) is 0 Å². The normalized spacial score (nSPS) is 19.5. The van der Waals surface area contributed by atoms with Crippen LogP contribution in [0.5, 0.6) is 0 Å². The number of H-pyrrole nitrogens is 1. The molecule has 3 aromatic carbocycles. The predicted octanol–water partition coefficient (Wildman–Crippen LogP) is 4.34. The van der Waals surface area contributed by atoms with Gasteiger partial charge in [-0.2, -0.15) is 0 Å². The fourth-order valence-electron chi connectivity index (χ4n) is 5.83. The van der Waals surface area contributed by atoms with Gasteiger partial charge in [0.2, 0.25) is 5.91 Å². The minimum atomic E-state index is -0.543. The van der Waals surface area contributed by atoms with Gasteiger partial charge in [-0.3, -0.25) is 19.7 Å². The molecule has 0 saturated carbocycles. The fraction of sp³-hybridized carbons (Fsp3) is 0.241. The second-order valence-corrected chi connectivity index (χ2v) is 9.80. The first-order valence-electron chi connectivity index (χ1n) is 12.6. The number of nitro benzene ring substituents is 1. The van der Waals surface area contributed by atoms with Gasteiger partial charge in [0, 0.05) is 79.3 Å². The number of carbonyl (C=O) groups excluding carboxylic acids is 2. The van der Waals surface area contributed by atoms with Crippen LogP contribution in [0.1, 0.15) is 33.4 Å². The number of aromatic amines is 1. The number of anilines is 1. The van der Waals surface area contributed by atoms with Gasteiger partial charge in [-0.05, 0) is 29.8 Å². The standard InChI is InChI=1S/C29H27N5O4/c1-31-27(24-18-30-25-9-5-4-6-21(24)25)26(22-7-2-3-8-23(22)28(31)35)29(36)33-16-14-32(15-17-33)19-10-12-20(13-11-19)34(37)38/h2-13,18,26-27,30H,14-17H2,1H3. The molecule has 2 aliphatic rings. The van der Waals surface area contributed by atoms with Crippen LogP contribution in [-0.2, 0) is 4.79 Å². The van der Waals surface area contributed by atoms with Crippen LogP contribution in [0.3, 0.4) is 0 Å². The molecule has 192 valence electrons. The number of benzene rings is 3. The lowest BCUT2D eigenvalue weighted by atomic mass is 9.79. The molecule has 2 unspecified atom stereocenters. The quantitative estimate of drug-likeness (QED) is 0.326. The molecule has 2 aliphatic heterocycles. The maximum Gasteiger partial charge on any atom is 0.269 e. The van der Waals surface area contributed by atoms with E-state index in [0.29, 0.717) is 31.7 Å². The highest BCUT2D eigenvalue weighted by Crippen LogP contribution is 2.45. The lowest BCUT2D eigenvalue weighted by Gasteiger charge is -2.43. The molecule has 9 heteroatoms. The van der Waals surface area contributed by atoms with E-state index < -0.39 is 16.9 Å². The number of hydrogen-bond acceptors (Lipinski definition) is 5. The number of rotatable bonds is 4. The average molecular weight is 510 g/mol. The van der Waals surface area contributed by atoms with Crippen LogP contribution < -0.4 is 4.90 Å². The Kier molecular flexibility index (Phi) is 5.83. The van der Waals surface area contributed by atoms with Gasteiger partial charge in [-0.1, -0.05) is 36.4 Å². The van der Waals surface area contributed by atoms with E-state index in [9.17, 15) is 19.7 Å². The van der Waals surface area contributed by atoms with Gasteiger partial charge in [0.05, 0.1) is 16.9 Å². The SMILES string of the molecule is CN1C(=O)c2ccccc2C(C(=O)N2CCN(c3ccc([N+](=O)[O-])cc3)CC2)C1c1c[nH]c2ccccc12. The molecule has 1 aromatic heterocycles. The Hall–Kier alpha value is -4.66. The zero-order valence-corrected chi connectivity index (χ0v) is 20.9. The van der Waals surface area contributed by atoms with Gasteiger partial charge in [-0.15, -0.1) is 0 Å². The number of para-hydroxylation sites is 1. The molecule has 0 radical (unpaired) electrons. The van der Waals surface area contributed by atoms with Crippen molar-refractivity contribution in [3.8, 4) is 0 Å². The first-order valence-corrected chi connectivity index (χ1v) is 12.6. The number of piperazine rings is 1. The molecule has 1 saturated heterocycles. The van der Waals surface area contributed by atoms with Crippen molar-refractivity contribution >= 4 is 34.1 Å². The molecule has 1 fully saturated rings. The van der Waals surface area contributed by atoms with Crippen LogP contribution in [0.15, 0.2) is 79.0 Å². The summed E-state index contributed by atoms with van der Waals surface area (Å²) in [6.07, 6.45) is 1.92. The monoisotopic (exact) mass is 509 g/mol. The number of nitrogens with one attached hydrogen (secondary N) is 1. The summed E-state index contributed by atoms with van der Waals surface area (Å²) in [5.41, 5.74) is 4.16. The van der Waals surface area contributed by atoms with Gasteiger partial charge in [0.1, 0.15) is 0 Å². The summed E-state index contributed by atoms with van der Waals surface area (Å²) in [5.74, 6) is -0.641. The summed E-state index contributed by atoms with van der Waals surface area (Å²) in [4.78, 5) is 47.3. The average Bonchev–Trinajstić information content (AvgIpc) is 3.38. The molecule has 0 aliphatic carbocycles. The minimum Gasteiger partial charge on any atom is -0.368 e. The highest BCUT2D eigenvalue weighted by atomic mass is 16.6. The van der Waals surface area contributed by atoms with E-state index in [4.69, 9.17) is 0 Å². The van der Waals surface area contributed by atoms with E-state index in [0.717, 1.165) is 27.7 Å². The van der Waals surface area contributed by atoms with Crippen molar-refractivity contribution in [3.63, 3.8) is 0 Å². The summed E-state index contributed by atoms with van der Waals surface area (Å²) >= 11 is 0. The Morgan fingerprint density at radius 1 is 0.921 bits per heavy atom. The van der Waals surface area contributed by atoms with Crippen molar-refractivity contribution in [3.05, 3.63) is 106 Å². The molecule has 2 atom stereocenters. The summed E-state index contributed by atoms with van der Waals surface area (Å²) in [5, 5.41) is 12.0. The maximum atomic E-state index is 14.3. The Balaban J connectivity index is 1.31. The molecule has 2 amide bonds. The number of fused-ring (bicyclic) bond motifs is 2. The lowest BCUT2D eigenvalue weighted by molar-refractivity contribution is -0.384. The smallest absolute Gasteiger partial charge is 0.269 e. The largest absolute Gasteiger partial charge is 0.368 e. The van der Waals surface area contributed by atoms with Crippen LogP contribution in [0.4, 0.5) is 11.4 Å². The predicted molar refractivity (Wildman–Crippen MR) is 144 cm³/mol. The van der Waals surface area contributed by atoms with Gasteiger partial charge < -0.3 is 19.7 Å². The molecule has 6 rings (SSSR count). The highest BCUT2D eigenvalue weighted by molar-refractivity contribution is 6.02. The summed E-state index contributed by atoms with van der Waals surface area (Å²) in [7, 11) is 1.78. The topological polar surface area (TPSA) is 103 Å². The molecule has 1 N–H and O–H groups in total. The number of likely N-dealkylation sites (N-methyl/N-ethyl adjacent to an activating group) is 1. The van der Waals surface area contributed by atoms with Gasteiger partial charge in [-0.25, -0.2) is 0 Å². The van der Waals surface area contributed by atoms with Crippen LogP contribution in [0.25, 0.3) is 10.9 Å². The number of carbonyl (C=O) groups is 2. The van der Waals surface area contributed by atoms with Crippen LogP contribution in [0.2, 0.25) is 0 Å². The number of nitrogens with zero attached hydrogens (tertiary/aromatic N) is 4. The van der Waals surface area contributed by atoms with Crippen molar-refractivity contribution in [2.45, 2.75) is 12.0 Å². The minimum absolute atomic E-state index is 0.00423. The van der Waals surface area contributed by atoms with E-state index in [2.05, 4.69) is 9.88 Å². The molecular weight excluding hydrogens is 482 g/mol. The van der Waals surface area contributed by atoms with E-state index >= 15 is 0 Å². The Morgan fingerprint density at radius 2 is 1.61 bits per heavy atom. The molecule has 38 heavy (non-hydrogen) atoms. The van der Waals surface area contributed by atoms with Crippen molar-refractivity contribution in [2.24, 2.45) is 0 Å². The number of amides is 2. The first kappa shape index (κ1) is 23.7. The molecular formula is C29H27N5O4. The van der Waals surface area contributed by atoms with Gasteiger partial charge >= 0.3 is 0 Å². The Morgan fingerprint density at radius 3 is 2.34 bits per heavy atom.